The minimum atomic E-state index is -0.204. The maximum atomic E-state index is 11.6. The first-order valence-corrected chi connectivity index (χ1v) is 5.35. The number of rotatable bonds is 5. The number of methoxy groups -OCH3 is 3. The summed E-state index contributed by atoms with van der Waals surface area (Å²) in [7, 11) is 6.20. The van der Waals surface area contributed by atoms with Gasteiger partial charge in [0, 0.05) is 19.2 Å². The zero-order valence-corrected chi connectivity index (χ0v) is 12.2. The van der Waals surface area contributed by atoms with Gasteiger partial charge in [-0.1, -0.05) is 0 Å². The number of hydrogen-bond acceptors (Lipinski definition) is 5. The first kappa shape index (κ1) is 17.3. The number of anilines is 1. The monoisotopic (exact) mass is 290 g/mol. The Morgan fingerprint density at radius 2 is 1.63 bits per heavy atom. The topological polar surface area (TPSA) is 74.0 Å². The molecule has 0 bridgehead atoms. The molecule has 0 radical (unpaired) electrons. The maximum absolute atomic E-state index is 11.6. The molecule has 0 aromatic heterocycles. The molecule has 108 valence electrons. The van der Waals surface area contributed by atoms with E-state index in [2.05, 4.69) is 0 Å². The second kappa shape index (κ2) is 7.70. The summed E-state index contributed by atoms with van der Waals surface area (Å²) in [4.78, 5) is 13.0. The number of halogens is 1. The largest absolute Gasteiger partial charge is 0.493 e. The van der Waals surface area contributed by atoms with Crippen molar-refractivity contribution in [3.8, 4) is 17.2 Å². The van der Waals surface area contributed by atoms with Crippen molar-refractivity contribution in [1.82, 2.24) is 0 Å². The Morgan fingerprint density at radius 3 is 1.95 bits per heavy atom. The number of likely N-dealkylation sites (N-methyl/N-ethyl adjacent to an activating group) is 1. The number of hydrogen-bond donors (Lipinski definition) is 1. The van der Waals surface area contributed by atoms with Crippen LogP contribution in [0.2, 0.25) is 0 Å². The van der Waals surface area contributed by atoms with E-state index in [4.69, 9.17) is 19.9 Å². The van der Waals surface area contributed by atoms with Gasteiger partial charge in [-0.05, 0) is 0 Å². The lowest BCUT2D eigenvalue weighted by molar-refractivity contribution is -0.117. The number of nitrogens with two attached hydrogens (primary N) is 1. The summed E-state index contributed by atoms with van der Waals surface area (Å²) in [6, 6.07) is 3.38. The van der Waals surface area contributed by atoms with Gasteiger partial charge >= 0.3 is 0 Å². The van der Waals surface area contributed by atoms with Crippen LogP contribution in [0.25, 0.3) is 0 Å². The Morgan fingerprint density at radius 1 is 1.16 bits per heavy atom. The van der Waals surface area contributed by atoms with Crippen LogP contribution in [-0.2, 0) is 4.79 Å². The highest BCUT2D eigenvalue weighted by atomic mass is 35.5. The first-order valence-electron chi connectivity index (χ1n) is 5.35. The smallest absolute Gasteiger partial charge is 0.240 e. The molecule has 19 heavy (non-hydrogen) atoms. The molecule has 2 N–H and O–H groups in total. The third-order valence-electron chi connectivity index (χ3n) is 2.59. The molecule has 1 amide bonds. The molecule has 0 aliphatic rings. The highest BCUT2D eigenvalue weighted by Crippen LogP contribution is 2.40. The van der Waals surface area contributed by atoms with E-state index in [0.717, 1.165) is 0 Å². The SMILES string of the molecule is COc1cc(N(C)C(=O)CN)cc(OC)c1OC.Cl. The van der Waals surface area contributed by atoms with E-state index in [1.165, 1.54) is 26.2 Å². The second-order valence-electron chi connectivity index (χ2n) is 3.54. The van der Waals surface area contributed by atoms with Crippen molar-refractivity contribution in [2.24, 2.45) is 5.73 Å². The molecule has 0 aliphatic heterocycles. The lowest BCUT2D eigenvalue weighted by atomic mass is 10.2. The molecule has 0 aliphatic carbocycles. The predicted octanol–water partition coefficient (Wildman–Crippen LogP) is 1.06. The molecule has 1 aromatic carbocycles. The van der Waals surface area contributed by atoms with E-state index < -0.39 is 0 Å². The van der Waals surface area contributed by atoms with Gasteiger partial charge in [-0.3, -0.25) is 4.79 Å². The molecular formula is C12H19ClN2O4. The van der Waals surface area contributed by atoms with E-state index in [9.17, 15) is 4.79 Å². The number of carbonyl (C=O) groups excluding carboxylic acids is 1. The van der Waals surface area contributed by atoms with Crippen LogP contribution < -0.4 is 24.8 Å². The van der Waals surface area contributed by atoms with Crippen LogP contribution in [0.1, 0.15) is 0 Å². The zero-order chi connectivity index (χ0) is 13.7. The highest BCUT2D eigenvalue weighted by molar-refractivity contribution is 5.94. The van der Waals surface area contributed by atoms with Gasteiger partial charge in [-0.2, -0.15) is 0 Å². The molecule has 7 heteroatoms. The van der Waals surface area contributed by atoms with E-state index in [1.54, 1.807) is 19.2 Å². The Kier molecular flexibility index (Phi) is 7.03. The van der Waals surface area contributed by atoms with Gasteiger partial charge in [0.15, 0.2) is 11.5 Å². The molecule has 0 saturated carbocycles. The third-order valence-corrected chi connectivity index (χ3v) is 2.59. The minimum absolute atomic E-state index is 0. The molecule has 0 unspecified atom stereocenters. The number of ether oxygens (including phenoxy) is 3. The molecule has 0 spiro atoms. The fourth-order valence-corrected chi connectivity index (χ4v) is 1.54. The van der Waals surface area contributed by atoms with Gasteiger partial charge in [0.05, 0.1) is 33.6 Å². The summed E-state index contributed by atoms with van der Waals surface area (Å²) in [5, 5.41) is 0. The van der Waals surface area contributed by atoms with Crippen molar-refractivity contribution in [1.29, 1.82) is 0 Å². The van der Waals surface area contributed by atoms with Crippen molar-refractivity contribution in [3.63, 3.8) is 0 Å². The first-order chi connectivity index (χ1) is 8.58. The van der Waals surface area contributed by atoms with Gasteiger partial charge in [0.25, 0.3) is 0 Å². The number of benzene rings is 1. The van der Waals surface area contributed by atoms with Crippen molar-refractivity contribution in [2.45, 2.75) is 0 Å². The quantitative estimate of drug-likeness (QED) is 0.877. The Labute approximate surface area is 118 Å². The molecule has 0 atom stereocenters. The Balaban J connectivity index is 0.00000324. The molecule has 0 heterocycles. The van der Waals surface area contributed by atoms with Crippen LogP contribution in [0.4, 0.5) is 5.69 Å². The summed E-state index contributed by atoms with van der Waals surface area (Å²) in [6.45, 7) is -0.0623. The molecule has 1 aromatic rings. The van der Waals surface area contributed by atoms with Crippen molar-refractivity contribution in [2.75, 3.05) is 39.8 Å². The van der Waals surface area contributed by atoms with Crippen LogP contribution in [0.5, 0.6) is 17.2 Å². The molecule has 1 rings (SSSR count). The second-order valence-corrected chi connectivity index (χ2v) is 3.54. The van der Waals surface area contributed by atoms with Crippen molar-refractivity contribution >= 4 is 24.0 Å². The summed E-state index contributed by atoms with van der Waals surface area (Å²) in [5.74, 6) is 1.26. The number of nitrogens with zero attached hydrogens (tertiary/aromatic N) is 1. The summed E-state index contributed by atoms with van der Waals surface area (Å²) < 4.78 is 15.6. The molecular weight excluding hydrogens is 272 g/mol. The van der Waals surface area contributed by atoms with Gasteiger partial charge in [0.2, 0.25) is 11.7 Å². The normalized spacial score (nSPS) is 9.32. The fourth-order valence-electron chi connectivity index (χ4n) is 1.54. The summed E-state index contributed by atoms with van der Waals surface area (Å²) >= 11 is 0. The highest BCUT2D eigenvalue weighted by Gasteiger charge is 2.17. The van der Waals surface area contributed by atoms with E-state index in [1.807, 2.05) is 0 Å². The van der Waals surface area contributed by atoms with Crippen LogP contribution in [0.15, 0.2) is 12.1 Å². The Bertz CT molecular complexity index is 415. The van der Waals surface area contributed by atoms with Crippen LogP contribution >= 0.6 is 12.4 Å². The maximum Gasteiger partial charge on any atom is 0.240 e. The Hall–Kier alpha value is -1.66. The minimum Gasteiger partial charge on any atom is -0.493 e. The average molecular weight is 291 g/mol. The lowest BCUT2D eigenvalue weighted by Crippen LogP contribution is -2.32. The van der Waals surface area contributed by atoms with Crippen LogP contribution in [-0.4, -0.2) is 40.8 Å². The van der Waals surface area contributed by atoms with E-state index >= 15 is 0 Å². The van der Waals surface area contributed by atoms with E-state index in [-0.39, 0.29) is 24.9 Å². The van der Waals surface area contributed by atoms with Crippen LogP contribution in [0, 0.1) is 0 Å². The van der Waals surface area contributed by atoms with E-state index in [0.29, 0.717) is 22.9 Å². The molecule has 0 saturated heterocycles. The van der Waals surface area contributed by atoms with Crippen molar-refractivity contribution in [3.05, 3.63) is 12.1 Å². The average Bonchev–Trinajstić information content (AvgIpc) is 2.43. The van der Waals surface area contributed by atoms with Crippen molar-refractivity contribution < 1.29 is 19.0 Å². The van der Waals surface area contributed by atoms with Crippen LogP contribution in [0.3, 0.4) is 0 Å². The molecule has 6 nitrogen and oxygen atoms in total. The number of carbonyl (C=O) groups is 1. The number of amides is 1. The van der Waals surface area contributed by atoms with Gasteiger partial charge in [-0.15, -0.1) is 12.4 Å². The third kappa shape index (κ3) is 3.65. The molecule has 0 fully saturated rings. The predicted molar refractivity (Wildman–Crippen MR) is 75.8 cm³/mol. The fraction of sp³-hybridized carbons (Fsp3) is 0.417. The lowest BCUT2D eigenvalue weighted by Gasteiger charge is -2.20. The van der Waals surface area contributed by atoms with Gasteiger partial charge in [0.1, 0.15) is 0 Å². The zero-order valence-electron chi connectivity index (χ0n) is 11.4. The van der Waals surface area contributed by atoms with Gasteiger partial charge < -0.3 is 24.8 Å². The summed E-state index contributed by atoms with van der Waals surface area (Å²) in [6.07, 6.45) is 0. The standard InChI is InChI=1S/C12H18N2O4.ClH/c1-14(11(15)7-13)8-5-9(16-2)12(18-4)10(6-8)17-3;/h5-6H,7,13H2,1-4H3;1H. The summed E-state index contributed by atoms with van der Waals surface area (Å²) in [5.41, 5.74) is 5.95. The van der Waals surface area contributed by atoms with Gasteiger partial charge in [-0.25, -0.2) is 0 Å².